The first-order valence-electron chi connectivity index (χ1n) is 6.28. The number of hydrogen-bond acceptors (Lipinski definition) is 6. The molecule has 0 aromatic carbocycles. The number of aromatic nitrogens is 2. The number of nitrogens with one attached hydrogen (secondary N) is 1. The molecule has 1 aliphatic heterocycles. The first-order chi connectivity index (χ1) is 9.92. The molecule has 2 heterocycles. The molecule has 0 radical (unpaired) electrons. The summed E-state index contributed by atoms with van der Waals surface area (Å²) in [7, 11) is -1.66. The van der Waals surface area contributed by atoms with E-state index in [2.05, 4.69) is 4.98 Å². The summed E-state index contributed by atoms with van der Waals surface area (Å²) in [6.07, 6.45) is -0.332. The molecule has 3 unspecified atom stereocenters. The summed E-state index contributed by atoms with van der Waals surface area (Å²) >= 11 is 0. The van der Waals surface area contributed by atoms with E-state index >= 15 is 0 Å². The third-order valence-corrected chi connectivity index (χ3v) is 3.72. The van der Waals surface area contributed by atoms with Crippen LogP contribution >= 0.6 is 8.25 Å². The molecule has 1 aromatic heterocycles. The molecule has 2 rings (SSSR count). The molecule has 21 heavy (non-hydrogen) atoms. The monoisotopic (exact) mass is 320 g/mol. The Morgan fingerprint density at radius 1 is 1.57 bits per heavy atom. The average Bonchev–Trinajstić information content (AvgIpc) is 2.76. The molecule has 118 valence electrons. The number of nitrogens with zero attached hydrogens (tertiary/aromatic N) is 1. The molecule has 0 aliphatic carbocycles. The quantitative estimate of drug-likeness (QED) is 0.705. The number of rotatable bonds is 5. The first kappa shape index (κ1) is 16.1. The average molecular weight is 320 g/mol. The number of ether oxygens (including phenoxy) is 2. The zero-order valence-corrected chi connectivity index (χ0v) is 12.6. The van der Waals surface area contributed by atoms with E-state index in [1.807, 2.05) is 0 Å². The fourth-order valence-electron chi connectivity index (χ4n) is 2.24. The largest absolute Gasteiger partial charge is 0.382 e. The lowest BCUT2D eigenvalue weighted by Crippen LogP contribution is -2.33. The van der Waals surface area contributed by atoms with Crippen LogP contribution in [-0.2, 0) is 18.6 Å². The summed E-state index contributed by atoms with van der Waals surface area (Å²) in [6, 6.07) is 0. The fraction of sp³-hybridized carbons (Fsp3) is 0.636. The SMILES string of the molecule is COC[C@H]1OC(n2cc(C)c(=O)[nH]c2=O)CC1O[PH](=O)O. The van der Waals surface area contributed by atoms with Crippen molar-refractivity contribution in [2.75, 3.05) is 13.7 Å². The molecule has 1 saturated heterocycles. The van der Waals surface area contributed by atoms with Gasteiger partial charge in [-0.05, 0) is 6.92 Å². The third-order valence-electron chi connectivity index (χ3n) is 3.22. The maximum absolute atomic E-state index is 11.8. The molecule has 0 amide bonds. The van der Waals surface area contributed by atoms with Gasteiger partial charge in [0.15, 0.2) is 0 Å². The van der Waals surface area contributed by atoms with Crippen molar-refractivity contribution in [1.29, 1.82) is 0 Å². The zero-order chi connectivity index (χ0) is 15.6. The lowest BCUT2D eigenvalue weighted by molar-refractivity contribution is -0.0513. The van der Waals surface area contributed by atoms with Crippen molar-refractivity contribution in [3.63, 3.8) is 0 Å². The van der Waals surface area contributed by atoms with Gasteiger partial charge in [-0.2, -0.15) is 0 Å². The maximum Gasteiger partial charge on any atom is 0.330 e. The predicted molar refractivity (Wildman–Crippen MR) is 72.6 cm³/mol. The minimum Gasteiger partial charge on any atom is -0.382 e. The predicted octanol–water partition coefficient (Wildman–Crippen LogP) is -0.454. The molecule has 0 bridgehead atoms. The molecule has 1 aliphatic rings. The summed E-state index contributed by atoms with van der Waals surface area (Å²) in [5, 5.41) is 0. The van der Waals surface area contributed by atoms with Crippen LogP contribution in [0.5, 0.6) is 0 Å². The molecule has 2 N–H and O–H groups in total. The Hall–Kier alpha value is -1.25. The maximum atomic E-state index is 11.8. The number of aryl methyl sites for hydroxylation is 1. The Labute approximate surface area is 120 Å². The Kier molecular flexibility index (Phi) is 5.13. The van der Waals surface area contributed by atoms with E-state index in [4.69, 9.17) is 18.9 Å². The molecule has 1 aromatic rings. The van der Waals surface area contributed by atoms with Crippen LogP contribution in [0, 0.1) is 6.92 Å². The van der Waals surface area contributed by atoms with Crippen molar-refractivity contribution in [3.05, 3.63) is 32.6 Å². The Morgan fingerprint density at radius 2 is 2.29 bits per heavy atom. The van der Waals surface area contributed by atoms with Gasteiger partial charge in [0.2, 0.25) is 0 Å². The topological polar surface area (TPSA) is 120 Å². The molecular weight excluding hydrogens is 303 g/mol. The molecule has 9 nitrogen and oxygen atoms in total. The van der Waals surface area contributed by atoms with Crippen molar-refractivity contribution in [2.45, 2.75) is 31.8 Å². The van der Waals surface area contributed by atoms with E-state index in [-0.39, 0.29) is 13.0 Å². The van der Waals surface area contributed by atoms with Gasteiger partial charge in [0, 0.05) is 25.3 Å². The molecular formula is C11H17N2O7P. The van der Waals surface area contributed by atoms with Crippen molar-refractivity contribution in [2.24, 2.45) is 0 Å². The second-order valence-electron chi connectivity index (χ2n) is 4.72. The van der Waals surface area contributed by atoms with Gasteiger partial charge >= 0.3 is 13.9 Å². The zero-order valence-electron chi connectivity index (χ0n) is 11.6. The summed E-state index contributed by atoms with van der Waals surface area (Å²) in [5.41, 5.74) is -0.707. The van der Waals surface area contributed by atoms with E-state index in [1.54, 1.807) is 6.92 Å². The first-order valence-corrected chi connectivity index (χ1v) is 7.54. The van der Waals surface area contributed by atoms with Crippen molar-refractivity contribution in [1.82, 2.24) is 9.55 Å². The molecule has 1 fully saturated rings. The van der Waals surface area contributed by atoms with Gasteiger partial charge in [-0.3, -0.25) is 18.9 Å². The minimum atomic E-state index is -3.13. The molecule has 4 atom stereocenters. The Bertz CT molecular complexity index is 640. The Morgan fingerprint density at radius 3 is 2.90 bits per heavy atom. The van der Waals surface area contributed by atoms with Gasteiger partial charge in [0.05, 0.1) is 12.7 Å². The number of hydrogen-bond donors (Lipinski definition) is 2. The number of H-pyrrole nitrogens is 1. The Balaban J connectivity index is 2.26. The smallest absolute Gasteiger partial charge is 0.330 e. The summed E-state index contributed by atoms with van der Waals surface area (Å²) in [4.78, 5) is 34.3. The second kappa shape index (κ2) is 6.67. The van der Waals surface area contributed by atoms with Crippen LogP contribution in [0.1, 0.15) is 18.2 Å². The van der Waals surface area contributed by atoms with Crippen LogP contribution < -0.4 is 11.2 Å². The third kappa shape index (κ3) is 3.69. The van der Waals surface area contributed by atoms with Gasteiger partial charge < -0.3 is 18.9 Å². The molecule has 0 spiro atoms. The number of methoxy groups -OCH3 is 1. The summed E-state index contributed by atoms with van der Waals surface area (Å²) < 4.78 is 27.6. The van der Waals surface area contributed by atoms with Gasteiger partial charge in [0.25, 0.3) is 5.56 Å². The summed E-state index contributed by atoms with van der Waals surface area (Å²) in [6.45, 7) is 1.73. The van der Waals surface area contributed by atoms with Crippen LogP contribution in [0.15, 0.2) is 15.8 Å². The minimum absolute atomic E-state index is 0.160. The van der Waals surface area contributed by atoms with E-state index in [1.165, 1.54) is 17.9 Å². The normalized spacial score (nSPS) is 26.9. The second-order valence-corrected chi connectivity index (χ2v) is 5.49. The highest BCUT2D eigenvalue weighted by molar-refractivity contribution is 7.32. The van der Waals surface area contributed by atoms with Crippen molar-refractivity contribution < 1.29 is 23.5 Å². The lowest BCUT2D eigenvalue weighted by atomic mass is 10.2. The fourth-order valence-corrected chi connectivity index (χ4v) is 2.75. The molecule has 0 saturated carbocycles. The van der Waals surface area contributed by atoms with E-state index in [9.17, 15) is 14.2 Å². The molecule has 10 heteroatoms. The van der Waals surface area contributed by atoms with Crippen LogP contribution in [0.4, 0.5) is 0 Å². The van der Waals surface area contributed by atoms with Crippen LogP contribution in [0.3, 0.4) is 0 Å². The standard InChI is InChI=1S/C11H17N2O7P/c1-6-4-13(11(15)12-10(6)14)9-3-7(20-21(16)17)8(19-9)5-18-2/h4,7-9,21H,3,5H2,1-2H3,(H,16,17)(H,12,14,15)/t7?,8-,9?/m1/s1. The van der Waals surface area contributed by atoms with E-state index in [0.717, 1.165) is 0 Å². The van der Waals surface area contributed by atoms with E-state index in [0.29, 0.717) is 5.56 Å². The van der Waals surface area contributed by atoms with Gasteiger partial charge in [-0.1, -0.05) is 0 Å². The summed E-state index contributed by atoms with van der Waals surface area (Å²) in [5.74, 6) is 0. The van der Waals surface area contributed by atoms with E-state index < -0.39 is 37.9 Å². The number of aromatic amines is 1. The highest BCUT2D eigenvalue weighted by Crippen LogP contribution is 2.34. The van der Waals surface area contributed by atoms with Crippen LogP contribution in [-0.4, -0.2) is 40.4 Å². The highest BCUT2D eigenvalue weighted by Gasteiger charge is 2.38. The lowest BCUT2D eigenvalue weighted by Gasteiger charge is -2.16. The van der Waals surface area contributed by atoms with Gasteiger partial charge in [-0.15, -0.1) is 0 Å². The van der Waals surface area contributed by atoms with Crippen molar-refractivity contribution >= 4 is 8.25 Å². The van der Waals surface area contributed by atoms with Crippen LogP contribution in [0.2, 0.25) is 0 Å². The van der Waals surface area contributed by atoms with Crippen LogP contribution in [0.25, 0.3) is 0 Å². The van der Waals surface area contributed by atoms with Gasteiger partial charge in [-0.25, -0.2) is 4.79 Å². The van der Waals surface area contributed by atoms with Gasteiger partial charge in [0.1, 0.15) is 12.3 Å². The van der Waals surface area contributed by atoms with Crippen molar-refractivity contribution in [3.8, 4) is 0 Å². The highest BCUT2D eigenvalue weighted by atomic mass is 31.1.